The Kier molecular flexibility index (Phi) is 39.4. The first-order valence-electron chi connectivity index (χ1n) is 26.3. The number of carbonyl (C=O) groups excluding carboxylic acids is 3. The molecular weight excluding hydrogens is 829 g/mol. The first-order chi connectivity index (χ1) is 31.6. The molecule has 6 atom stereocenters. The van der Waals surface area contributed by atoms with Crippen molar-refractivity contribution in [1.82, 2.24) is 0 Å². The molecule has 0 aromatic rings. The molecule has 0 radical (unpaired) electrons. The van der Waals surface area contributed by atoms with Gasteiger partial charge in [-0.3, -0.25) is 14.4 Å². The fraction of sp³-hybridized carbons (Fsp3) is 0.849. The van der Waals surface area contributed by atoms with Crippen molar-refractivity contribution >= 4 is 23.9 Å². The van der Waals surface area contributed by atoms with E-state index in [1.807, 2.05) is 0 Å². The van der Waals surface area contributed by atoms with Crippen LogP contribution in [0, 0.1) is 0 Å². The number of carbonyl (C=O) groups is 4. The molecule has 1 heterocycles. The fourth-order valence-corrected chi connectivity index (χ4v) is 7.93. The van der Waals surface area contributed by atoms with Crippen LogP contribution >= 0.6 is 0 Å². The van der Waals surface area contributed by atoms with Gasteiger partial charge in [-0.05, 0) is 44.9 Å². The monoisotopic (exact) mass is 923 g/mol. The Morgan fingerprint density at radius 1 is 0.508 bits per heavy atom. The van der Waals surface area contributed by atoms with E-state index in [-0.39, 0.29) is 25.9 Å². The predicted octanol–water partition coefficient (Wildman–Crippen LogP) is 12.3. The standard InChI is InChI=1S/C53H94O12/c1-4-7-10-13-16-19-21-23-25-28-30-33-36-39-45(54)61-42-44(63-46(55)40-37-34-31-27-18-15-12-9-6-3)43-62-53-51(49(58)48(57)50(65-53)52(59)60)64-47(56)41-38-35-32-29-26-24-22-20-17-14-11-8-5-2/h11,14,20,22,44,48-51,53,57-58H,4-10,12-13,15-19,21,23-43H2,1-3H3,(H,59,60)/b14-11-,22-20-. The van der Waals surface area contributed by atoms with Gasteiger partial charge >= 0.3 is 23.9 Å². The third-order valence-corrected chi connectivity index (χ3v) is 12.0. The summed E-state index contributed by atoms with van der Waals surface area (Å²) in [7, 11) is 0. The zero-order valence-electron chi connectivity index (χ0n) is 41.2. The van der Waals surface area contributed by atoms with Crippen molar-refractivity contribution in [2.45, 2.75) is 276 Å². The molecule has 0 bridgehead atoms. The number of carboxylic acids is 1. The molecule has 1 fully saturated rings. The lowest BCUT2D eigenvalue weighted by Crippen LogP contribution is -2.61. The lowest BCUT2D eigenvalue weighted by molar-refractivity contribution is -0.301. The minimum Gasteiger partial charge on any atom is -0.479 e. The summed E-state index contributed by atoms with van der Waals surface area (Å²) >= 11 is 0. The average Bonchev–Trinajstić information content (AvgIpc) is 3.29. The van der Waals surface area contributed by atoms with Crippen molar-refractivity contribution in [2.24, 2.45) is 0 Å². The van der Waals surface area contributed by atoms with Crippen molar-refractivity contribution in [3.05, 3.63) is 24.3 Å². The number of aliphatic carboxylic acids is 1. The molecule has 65 heavy (non-hydrogen) atoms. The molecule has 1 aliphatic heterocycles. The Hall–Kier alpha value is -2.80. The minimum absolute atomic E-state index is 0.0483. The number of hydrogen-bond donors (Lipinski definition) is 3. The molecule has 0 spiro atoms. The normalized spacial score (nSPS) is 19.2. The Bertz CT molecular complexity index is 1240. The maximum Gasteiger partial charge on any atom is 0.335 e. The van der Waals surface area contributed by atoms with E-state index in [1.165, 1.54) is 89.9 Å². The maximum absolute atomic E-state index is 13.0. The lowest BCUT2D eigenvalue weighted by Gasteiger charge is -2.40. The highest BCUT2D eigenvalue weighted by Crippen LogP contribution is 2.26. The molecule has 0 saturated carbocycles. The molecule has 3 N–H and O–H groups in total. The van der Waals surface area contributed by atoms with Gasteiger partial charge < -0.3 is 39.0 Å². The van der Waals surface area contributed by atoms with E-state index < -0.39 is 67.3 Å². The second kappa shape index (κ2) is 42.5. The van der Waals surface area contributed by atoms with Gasteiger partial charge in [-0.25, -0.2) is 4.79 Å². The average molecular weight is 923 g/mol. The third-order valence-electron chi connectivity index (χ3n) is 12.0. The minimum atomic E-state index is -1.90. The largest absolute Gasteiger partial charge is 0.479 e. The highest BCUT2D eigenvalue weighted by Gasteiger charge is 2.50. The van der Waals surface area contributed by atoms with Crippen molar-refractivity contribution in [3.8, 4) is 0 Å². The summed E-state index contributed by atoms with van der Waals surface area (Å²) in [5.41, 5.74) is 0. The number of ether oxygens (including phenoxy) is 5. The number of rotatable bonds is 44. The van der Waals surface area contributed by atoms with Crippen LogP contribution in [0.25, 0.3) is 0 Å². The van der Waals surface area contributed by atoms with Gasteiger partial charge in [-0.15, -0.1) is 0 Å². The first-order valence-corrected chi connectivity index (χ1v) is 26.3. The third kappa shape index (κ3) is 33.3. The van der Waals surface area contributed by atoms with Crippen LogP contribution in [0.3, 0.4) is 0 Å². The van der Waals surface area contributed by atoms with E-state index in [0.717, 1.165) is 89.9 Å². The lowest BCUT2D eigenvalue weighted by atomic mass is 9.98. The fourth-order valence-electron chi connectivity index (χ4n) is 7.93. The molecule has 0 aliphatic carbocycles. The van der Waals surface area contributed by atoms with Gasteiger partial charge in [0.25, 0.3) is 0 Å². The van der Waals surface area contributed by atoms with Gasteiger partial charge in [0.1, 0.15) is 18.8 Å². The Morgan fingerprint density at radius 3 is 1.45 bits per heavy atom. The molecular formula is C53H94O12. The van der Waals surface area contributed by atoms with Gasteiger partial charge in [-0.2, -0.15) is 0 Å². The number of aliphatic hydroxyl groups excluding tert-OH is 2. The summed E-state index contributed by atoms with van der Waals surface area (Å²) in [6.07, 6.45) is 33.2. The van der Waals surface area contributed by atoms with Gasteiger partial charge in [0.2, 0.25) is 0 Å². The zero-order chi connectivity index (χ0) is 47.6. The number of aliphatic hydroxyl groups is 2. The van der Waals surface area contributed by atoms with Crippen LogP contribution in [0.2, 0.25) is 0 Å². The Labute approximate surface area is 394 Å². The molecule has 12 nitrogen and oxygen atoms in total. The van der Waals surface area contributed by atoms with Gasteiger partial charge in [0.05, 0.1) is 6.61 Å². The first kappa shape index (κ1) is 60.2. The topological polar surface area (TPSA) is 175 Å². The zero-order valence-corrected chi connectivity index (χ0v) is 41.2. The van der Waals surface area contributed by atoms with Crippen LogP contribution in [0.1, 0.15) is 239 Å². The summed E-state index contributed by atoms with van der Waals surface area (Å²) < 4.78 is 28.2. The highest BCUT2D eigenvalue weighted by atomic mass is 16.7. The molecule has 1 aliphatic rings. The molecule has 1 rings (SSSR count). The van der Waals surface area contributed by atoms with Crippen molar-refractivity contribution in [2.75, 3.05) is 13.2 Å². The van der Waals surface area contributed by atoms with E-state index >= 15 is 0 Å². The van der Waals surface area contributed by atoms with E-state index in [0.29, 0.717) is 19.3 Å². The second-order valence-electron chi connectivity index (χ2n) is 18.2. The van der Waals surface area contributed by atoms with Crippen LogP contribution < -0.4 is 0 Å². The van der Waals surface area contributed by atoms with Gasteiger partial charge in [0.15, 0.2) is 24.6 Å². The van der Waals surface area contributed by atoms with E-state index in [4.69, 9.17) is 23.7 Å². The SMILES string of the molecule is CCC/C=C\C/C=C\CCCCCCCC(=O)OC1C(OCC(COC(=O)CCCCCCCCCCCCCCC)OC(=O)CCCCCCCCCCC)OC(C(=O)O)C(O)C1O. The van der Waals surface area contributed by atoms with E-state index in [9.17, 15) is 34.5 Å². The van der Waals surface area contributed by atoms with Crippen LogP contribution in [-0.4, -0.2) is 89.2 Å². The van der Waals surface area contributed by atoms with Gasteiger partial charge in [-0.1, -0.05) is 199 Å². The van der Waals surface area contributed by atoms with E-state index in [1.54, 1.807) is 0 Å². The van der Waals surface area contributed by atoms with E-state index in [2.05, 4.69) is 45.1 Å². The van der Waals surface area contributed by atoms with Gasteiger partial charge in [0, 0.05) is 19.3 Å². The molecule has 0 aromatic carbocycles. The number of hydrogen-bond acceptors (Lipinski definition) is 11. The summed E-state index contributed by atoms with van der Waals surface area (Å²) in [6.45, 7) is 5.88. The number of unbranched alkanes of at least 4 members (excludes halogenated alkanes) is 26. The Morgan fingerprint density at radius 2 is 0.954 bits per heavy atom. The summed E-state index contributed by atoms with van der Waals surface area (Å²) in [5.74, 6) is -3.12. The van der Waals surface area contributed by atoms with Crippen LogP contribution in [0.5, 0.6) is 0 Å². The predicted molar refractivity (Wildman–Crippen MR) is 257 cm³/mol. The molecule has 6 unspecified atom stereocenters. The number of esters is 3. The summed E-state index contributed by atoms with van der Waals surface area (Å²) in [5, 5.41) is 31.3. The molecule has 0 amide bonds. The van der Waals surface area contributed by atoms with Crippen LogP contribution in [0.4, 0.5) is 0 Å². The molecule has 1 saturated heterocycles. The highest BCUT2D eigenvalue weighted by molar-refractivity contribution is 5.74. The number of allylic oxidation sites excluding steroid dienone is 4. The van der Waals surface area contributed by atoms with Crippen molar-refractivity contribution in [1.29, 1.82) is 0 Å². The maximum atomic E-state index is 13.0. The van der Waals surface area contributed by atoms with Crippen LogP contribution in [0.15, 0.2) is 24.3 Å². The van der Waals surface area contributed by atoms with Crippen LogP contribution in [-0.2, 0) is 42.9 Å². The Balaban J connectivity index is 2.71. The molecule has 12 heteroatoms. The summed E-state index contributed by atoms with van der Waals surface area (Å²) in [4.78, 5) is 50.7. The van der Waals surface area contributed by atoms with Crippen molar-refractivity contribution in [3.63, 3.8) is 0 Å². The molecule has 378 valence electrons. The molecule has 0 aromatic heterocycles. The second-order valence-corrected chi connectivity index (χ2v) is 18.2. The quantitative estimate of drug-likeness (QED) is 0.0229. The summed E-state index contributed by atoms with van der Waals surface area (Å²) in [6, 6.07) is 0. The number of carboxylic acid groups (broad SMARTS) is 1. The van der Waals surface area contributed by atoms with Crippen molar-refractivity contribution < 1.29 is 58.2 Å². The smallest absolute Gasteiger partial charge is 0.335 e.